The van der Waals surface area contributed by atoms with Crippen LogP contribution in [0.15, 0.2) is 6.20 Å². The van der Waals surface area contributed by atoms with E-state index in [0.717, 1.165) is 19.3 Å². The van der Waals surface area contributed by atoms with E-state index in [9.17, 15) is 4.79 Å². The van der Waals surface area contributed by atoms with E-state index in [1.807, 2.05) is 0 Å². The van der Waals surface area contributed by atoms with Gasteiger partial charge in [0.05, 0.1) is 0 Å². The molecule has 4 heteroatoms. The molecule has 3 nitrogen and oxygen atoms in total. The van der Waals surface area contributed by atoms with E-state index in [1.54, 1.807) is 6.20 Å². The Labute approximate surface area is 81.2 Å². The lowest BCUT2D eigenvalue weighted by atomic mass is 10.4. The number of hydrogen-bond acceptors (Lipinski definition) is 3. The minimum absolute atomic E-state index is 0.00722. The molecule has 0 spiro atoms. The van der Waals surface area contributed by atoms with Crippen LogP contribution in [0.5, 0.6) is 0 Å². The van der Waals surface area contributed by atoms with Crippen LogP contribution in [-0.2, 0) is 6.42 Å². The van der Waals surface area contributed by atoms with Crippen molar-refractivity contribution in [3.63, 3.8) is 0 Å². The molecule has 0 saturated heterocycles. The predicted octanol–water partition coefficient (Wildman–Crippen LogP) is 1.60. The van der Waals surface area contributed by atoms with Crippen molar-refractivity contribution in [3.8, 4) is 0 Å². The topological polar surface area (TPSA) is 42.0 Å². The fourth-order valence-electron chi connectivity index (χ4n) is 1.05. The number of nitrogens with one attached hydrogen (secondary N) is 1. The van der Waals surface area contributed by atoms with Crippen LogP contribution < -0.4 is 5.32 Å². The first-order valence-electron chi connectivity index (χ1n) is 4.55. The van der Waals surface area contributed by atoms with Gasteiger partial charge in [0, 0.05) is 17.1 Å². The predicted molar refractivity (Wildman–Crippen MR) is 52.0 cm³/mol. The molecule has 1 N–H and O–H groups in total. The average Bonchev–Trinajstić information content (AvgIpc) is 2.82. The third kappa shape index (κ3) is 2.06. The van der Waals surface area contributed by atoms with Gasteiger partial charge in [0.15, 0.2) is 5.01 Å². The molecule has 1 aliphatic carbocycles. The Morgan fingerprint density at radius 1 is 1.77 bits per heavy atom. The van der Waals surface area contributed by atoms with E-state index in [0.29, 0.717) is 11.0 Å². The smallest absolute Gasteiger partial charge is 0.280 e. The summed E-state index contributed by atoms with van der Waals surface area (Å²) in [6, 6.07) is 0.418. The second-order valence-corrected chi connectivity index (χ2v) is 4.35. The molecular weight excluding hydrogens is 184 g/mol. The zero-order chi connectivity index (χ0) is 9.26. The molecule has 0 unspecified atom stereocenters. The molecular formula is C9H12N2OS. The van der Waals surface area contributed by atoms with Crippen LogP contribution in [0, 0.1) is 0 Å². The van der Waals surface area contributed by atoms with Crippen LogP contribution in [0.2, 0.25) is 0 Å². The van der Waals surface area contributed by atoms with Crippen LogP contribution >= 0.6 is 11.3 Å². The number of nitrogens with zero attached hydrogens (tertiary/aromatic N) is 1. The molecule has 1 aromatic heterocycles. The molecule has 2 rings (SSSR count). The SMILES string of the molecule is CCc1cnc(C(=O)NC2CC2)s1. The van der Waals surface area contributed by atoms with Crippen molar-refractivity contribution >= 4 is 17.2 Å². The van der Waals surface area contributed by atoms with Crippen LogP contribution in [0.3, 0.4) is 0 Å². The zero-order valence-electron chi connectivity index (χ0n) is 7.54. The van der Waals surface area contributed by atoms with Gasteiger partial charge >= 0.3 is 0 Å². The number of hydrogen-bond donors (Lipinski definition) is 1. The highest BCUT2D eigenvalue weighted by atomic mass is 32.1. The normalized spacial score (nSPS) is 15.8. The Morgan fingerprint density at radius 2 is 2.54 bits per heavy atom. The molecule has 70 valence electrons. The van der Waals surface area contributed by atoms with Gasteiger partial charge in [-0.15, -0.1) is 11.3 Å². The number of thiazole rings is 1. The highest BCUT2D eigenvalue weighted by Crippen LogP contribution is 2.20. The number of rotatable bonds is 3. The van der Waals surface area contributed by atoms with Crippen LogP contribution in [0.4, 0.5) is 0 Å². The van der Waals surface area contributed by atoms with E-state index >= 15 is 0 Å². The summed E-state index contributed by atoms with van der Waals surface area (Å²) in [4.78, 5) is 16.7. The van der Waals surface area contributed by atoms with Crippen LogP contribution in [0.1, 0.15) is 34.4 Å². The summed E-state index contributed by atoms with van der Waals surface area (Å²) in [5.41, 5.74) is 0. The Bertz CT molecular complexity index is 317. The maximum atomic E-state index is 11.5. The number of carbonyl (C=O) groups is 1. The lowest BCUT2D eigenvalue weighted by Gasteiger charge is -1.97. The lowest BCUT2D eigenvalue weighted by Crippen LogP contribution is -2.25. The van der Waals surface area contributed by atoms with Gasteiger partial charge in [-0.25, -0.2) is 4.98 Å². The maximum absolute atomic E-state index is 11.5. The molecule has 0 bridgehead atoms. The molecule has 0 radical (unpaired) electrons. The molecule has 1 saturated carbocycles. The van der Waals surface area contributed by atoms with Gasteiger partial charge in [0.1, 0.15) is 0 Å². The highest BCUT2D eigenvalue weighted by molar-refractivity contribution is 7.13. The van der Waals surface area contributed by atoms with E-state index in [4.69, 9.17) is 0 Å². The molecule has 1 amide bonds. The highest BCUT2D eigenvalue weighted by Gasteiger charge is 2.24. The van der Waals surface area contributed by atoms with Gasteiger partial charge in [0.2, 0.25) is 0 Å². The molecule has 0 atom stereocenters. The fraction of sp³-hybridized carbons (Fsp3) is 0.556. The molecule has 13 heavy (non-hydrogen) atoms. The molecule has 0 aliphatic heterocycles. The fourth-order valence-corrected chi connectivity index (χ4v) is 1.81. The molecule has 1 heterocycles. The minimum atomic E-state index is -0.00722. The second-order valence-electron chi connectivity index (χ2n) is 3.23. The average molecular weight is 196 g/mol. The van der Waals surface area contributed by atoms with E-state index < -0.39 is 0 Å². The summed E-state index contributed by atoms with van der Waals surface area (Å²) in [5, 5.41) is 3.52. The Kier molecular flexibility index (Phi) is 2.31. The van der Waals surface area contributed by atoms with Gasteiger partial charge < -0.3 is 5.32 Å². The van der Waals surface area contributed by atoms with Crippen LogP contribution in [0.25, 0.3) is 0 Å². The quantitative estimate of drug-likeness (QED) is 0.797. The monoisotopic (exact) mass is 196 g/mol. The molecule has 1 aromatic rings. The number of aromatic nitrogens is 1. The first kappa shape index (κ1) is 8.69. The standard InChI is InChI=1S/C9H12N2OS/c1-2-7-5-10-9(13-7)8(12)11-6-3-4-6/h5-6H,2-4H2,1H3,(H,11,12). The number of carbonyl (C=O) groups excluding carboxylic acids is 1. The number of aryl methyl sites for hydroxylation is 1. The Morgan fingerprint density at radius 3 is 3.08 bits per heavy atom. The summed E-state index contributed by atoms with van der Waals surface area (Å²) in [5.74, 6) is -0.00722. The summed E-state index contributed by atoms with van der Waals surface area (Å²) < 4.78 is 0. The van der Waals surface area contributed by atoms with Crippen LogP contribution in [-0.4, -0.2) is 16.9 Å². The summed E-state index contributed by atoms with van der Waals surface area (Å²) in [6.45, 7) is 2.07. The van der Waals surface area contributed by atoms with E-state index in [1.165, 1.54) is 16.2 Å². The summed E-state index contributed by atoms with van der Waals surface area (Å²) in [6.07, 6.45) is 4.98. The first-order chi connectivity index (χ1) is 6.29. The van der Waals surface area contributed by atoms with E-state index in [-0.39, 0.29) is 5.91 Å². The van der Waals surface area contributed by atoms with Crippen molar-refractivity contribution < 1.29 is 4.79 Å². The lowest BCUT2D eigenvalue weighted by molar-refractivity contribution is 0.0950. The second kappa shape index (κ2) is 3.46. The van der Waals surface area contributed by atoms with Gasteiger partial charge in [-0.05, 0) is 19.3 Å². The van der Waals surface area contributed by atoms with Crippen molar-refractivity contribution in [2.24, 2.45) is 0 Å². The van der Waals surface area contributed by atoms with Crippen molar-refractivity contribution in [1.29, 1.82) is 0 Å². The summed E-state index contributed by atoms with van der Waals surface area (Å²) >= 11 is 1.49. The molecule has 0 aromatic carbocycles. The summed E-state index contributed by atoms with van der Waals surface area (Å²) in [7, 11) is 0. The van der Waals surface area contributed by atoms with Crippen molar-refractivity contribution in [1.82, 2.24) is 10.3 Å². The van der Waals surface area contributed by atoms with Gasteiger partial charge in [0.25, 0.3) is 5.91 Å². The number of amides is 1. The van der Waals surface area contributed by atoms with Gasteiger partial charge in [-0.1, -0.05) is 6.92 Å². The largest absolute Gasteiger partial charge is 0.347 e. The van der Waals surface area contributed by atoms with Crippen molar-refractivity contribution in [2.45, 2.75) is 32.2 Å². The maximum Gasteiger partial charge on any atom is 0.280 e. The molecule has 1 aliphatic rings. The Balaban J connectivity index is 2.01. The van der Waals surface area contributed by atoms with E-state index in [2.05, 4.69) is 17.2 Å². The zero-order valence-corrected chi connectivity index (χ0v) is 8.36. The Hall–Kier alpha value is -0.900. The first-order valence-corrected chi connectivity index (χ1v) is 5.37. The minimum Gasteiger partial charge on any atom is -0.347 e. The third-order valence-electron chi connectivity index (χ3n) is 2.01. The van der Waals surface area contributed by atoms with Gasteiger partial charge in [-0.3, -0.25) is 4.79 Å². The van der Waals surface area contributed by atoms with Crippen molar-refractivity contribution in [2.75, 3.05) is 0 Å². The van der Waals surface area contributed by atoms with Gasteiger partial charge in [-0.2, -0.15) is 0 Å². The molecule has 1 fully saturated rings. The van der Waals surface area contributed by atoms with Crippen molar-refractivity contribution in [3.05, 3.63) is 16.1 Å². The third-order valence-corrected chi connectivity index (χ3v) is 3.15.